The summed E-state index contributed by atoms with van der Waals surface area (Å²) < 4.78 is 23.5. The second-order valence-electron chi connectivity index (χ2n) is 7.44. The van der Waals surface area contributed by atoms with E-state index in [0.717, 1.165) is 43.0 Å². The molecule has 0 aliphatic carbocycles. The predicted octanol–water partition coefficient (Wildman–Crippen LogP) is 2.48. The topological polar surface area (TPSA) is 73.0 Å². The zero-order valence-corrected chi connectivity index (χ0v) is 17.3. The molecule has 0 radical (unpaired) electrons. The number of hydrogen-bond donors (Lipinski definition) is 1. The van der Waals surface area contributed by atoms with Crippen LogP contribution in [0.5, 0.6) is 0 Å². The van der Waals surface area contributed by atoms with Crippen molar-refractivity contribution >= 4 is 16.9 Å². The zero-order valence-electron chi connectivity index (χ0n) is 17.3. The van der Waals surface area contributed by atoms with Gasteiger partial charge in [-0.2, -0.15) is 5.10 Å². The van der Waals surface area contributed by atoms with E-state index in [4.69, 9.17) is 9.72 Å². The molecule has 9 heteroatoms. The van der Waals surface area contributed by atoms with Crippen LogP contribution in [0.4, 0.5) is 10.1 Å². The van der Waals surface area contributed by atoms with Crippen molar-refractivity contribution in [3.05, 3.63) is 54.7 Å². The fourth-order valence-electron chi connectivity index (χ4n) is 3.83. The van der Waals surface area contributed by atoms with Gasteiger partial charge in [-0.05, 0) is 25.2 Å². The highest BCUT2D eigenvalue weighted by molar-refractivity contribution is 5.87. The summed E-state index contributed by atoms with van der Waals surface area (Å²) in [5.74, 6) is 0.373. The molecular formula is C22H24FN7O. The number of hydrogen-bond acceptors (Lipinski definition) is 6. The Hall–Kier alpha value is -3.30. The fourth-order valence-corrected chi connectivity index (χ4v) is 3.83. The van der Waals surface area contributed by atoms with E-state index in [-0.39, 0.29) is 5.82 Å². The Morgan fingerprint density at radius 1 is 1.16 bits per heavy atom. The Morgan fingerprint density at radius 3 is 2.81 bits per heavy atom. The third-order valence-corrected chi connectivity index (χ3v) is 5.47. The maximum atomic E-state index is 14.2. The Balaban J connectivity index is 1.60. The number of rotatable bonds is 6. The molecule has 8 nitrogen and oxygen atoms in total. The van der Waals surface area contributed by atoms with Crippen LogP contribution in [0.3, 0.4) is 0 Å². The highest BCUT2D eigenvalue weighted by Crippen LogP contribution is 2.29. The van der Waals surface area contributed by atoms with Gasteiger partial charge < -0.3 is 19.5 Å². The largest absolute Gasteiger partial charge is 0.378 e. The van der Waals surface area contributed by atoms with E-state index >= 15 is 0 Å². The van der Waals surface area contributed by atoms with E-state index < -0.39 is 0 Å². The standard InChI is InChI=1S/C22H24FN7O/c1-24-7-9-29-15-25-21-19(28-10-12-31-13-11-28)14-20(26-22(21)29)30-8-6-18(27-30)16-4-2-3-5-17(16)23/h2-6,8,14-15,24H,7,9-13H2,1H3. The molecule has 4 aromatic rings. The average Bonchev–Trinajstić information content (AvgIpc) is 3.45. The molecule has 0 atom stereocenters. The summed E-state index contributed by atoms with van der Waals surface area (Å²) in [5, 5.41) is 7.78. The Morgan fingerprint density at radius 2 is 2.00 bits per heavy atom. The van der Waals surface area contributed by atoms with Crippen LogP contribution < -0.4 is 10.2 Å². The lowest BCUT2D eigenvalue weighted by molar-refractivity contribution is 0.123. The molecule has 1 aliphatic rings. The van der Waals surface area contributed by atoms with E-state index in [1.165, 1.54) is 6.07 Å². The number of benzene rings is 1. The third kappa shape index (κ3) is 3.77. The molecule has 1 fully saturated rings. The van der Waals surface area contributed by atoms with Gasteiger partial charge in [-0.3, -0.25) is 0 Å². The first kappa shape index (κ1) is 19.7. The van der Waals surface area contributed by atoms with Gasteiger partial charge >= 0.3 is 0 Å². The molecule has 0 unspecified atom stereocenters. The van der Waals surface area contributed by atoms with Crippen molar-refractivity contribution in [2.75, 3.05) is 44.8 Å². The summed E-state index contributed by atoms with van der Waals surface area (Å²) in [5.41, 5.74) is 3.71. The van der Waals surface area contributed by atoms with Crippen molar-refractivity contribution in [2.45, 2.75) is 6.54 Å². The van der Waals surface area contributed by atoms with Crippen molar-refractivity contribution < 1.29 is 9.13 Å². The van der Waals surface area contributed by atoms with Crippen LogP contribution in [-0.4, -0.2) is 64.2 Å². The van der Waals surface area contributed by atoms with Crippen molar-refractivity contribution in [2.24, 2.45) is 0 Å². The van der Waals surface area contributed by atoms with Crippen LogP contribution in [0.2, 0.25) is 0 Å². The summed E-state index contributed by atoms with van der Waals surface area (Å²) in [6, 6.07) is 10.4. The molecule has 160 valence electrons. The van der Waals surface area contributed by atoms with Crippen LogP contribution in [0.25, 0.3) is 28.2 Å². The summed E-state index contributed by atoms with van der Waals surface area (Å²) in [6.07, 6.45) is 3.64. The van der Waals surface area contributed by atoms with E-state index in [9.17, 15) is 4.39 Å². The maximum Gasteiger partial charge on any atom is 0.164 e. The highest BCUT2D eigenvalue weighted by atomic mass is 19.1. The highest BCUT2D eigenvalue weighted by Gasteiger charge is 2.20. The van der Waals surface area contributed by atoms with Crippen LogP contribution >= 0.6 is 0 Å². The van der Waals surface area contributed by atoms with Crippen LogP contribution in [0.1, 0.15) is 0 Å². The Bertz CT molecular complexity index is 1200. The lowest BCUT2D eigenvalue weighted by Crippen LogP contribution is -2.36. The van der Waals surface area contributed by atoms with Crippen LogP contribution in [0.15, 0.2) is 48.9 Å². The molecule has 0 bridgehead atoms. The minimum Gasteiger partial charge on any atom is -0.378 e. The normalized spacial score (nSPS) is 14.5. The molecule has 1 aliphatic heterocycles. The first-order valence-corrected chi connectivity index (χ1v) is 10.4. The van der Waals surface area contributed by atoms with Crippen molar-refractivity contribution in [3.8, 4) is 17.1 Å². The summed E-state index contributed by atoms with van der Waals surface area (Å²) in [4.78, 5) is 11.8. The number of fused-ring (bicyclic) bond motifs is 1. The second kappa shape index (κ2) is 8.44. The lowest BCUT2D eigenvalue weighted by atomic mass is 10.1. The van der Waals surface area contributed by atoms with Gasteiger partial charge in [0.25, 0.3) is 0 Å². The molecular weight excluding hydrogens is 397 g/mol. The molecule has 1 N–H and O–H groups in total. The molecule has 5 rings (SSSR count). The van der Waals surface area contributed by atoms with Gasteiger partial charge in [-0.15, -0.1) is 0 Å². The molecule has 1 aromatic carbocycles. The number of likely N-dealkylation sites (N-methyl/N-ethyl adjacent to an activating group) is 1. The number of morpholine rings is 1. The van der Waals surface area contributed by atoms with Gasteiger partial charge in [0.05, 0.1) is 30.9 Å². The Labute approximate surface area is 179 Å². The maximum absolute atomic E-state index is 14.2. The predicted molar refractivity (Wildman–Crippen MR) is 117 cm³/mol. The number of nitrogens with zero attached hydrogens (tertiary/aromatic N) is 6. The summed E-state index contributed by atoms with van der Waals surface area (Å²) >= 11 is 0. The van der Waals surface area contributed by atoms with Crippen LogP contribution in [0, 0.1) is 5.82 Å². The number of aromatic nitrogens is 5. The average molecular weight is 421 g/mol. The summed E-state index contributed by atoms with van der Waals surface area (Å²) in [7, 11) is 1.92. The number of anilines is 1. The number of pyridine rings is 1. The molecule has 31 heavy (non-hydrogen) atoms. The Kier molecular flexibility index (Phi) is 5.35. The number of nitrogens with one attached hydrogen (secondary N) is 1. The molecule has 0 saturated carbocycles. The number of halogens is 1. The van der Waals surface area contributed by atoms with E-state index in [2.05, 4.69) is 20.3 Å². The molecule has 0 spiro atoms. The van der Waals surface area contributed by atoms with Gasteiger partial charge in [0.2, 0.25) is 0 Å². The molecule has 1 saturated heterocycles. The molecule has 0 amide bonds. The third-order valence-electron chi connectivity index (χ3n) is 5.47. The minimum atomic E-state index is -0.296. The van der Waals surface area contributed by atoms with Crippen molar-refractivity contribution in [1.82, 2.24) is 29.6 Å². The van der Waals surface area contributed by atoms with E-state index in [1.54, 1.807) is 28.9 Å². The van der Waals surface area contributed by atoms with Gasteiger partial charge in [-0.1, -0.05) is 12.1 Å². The number of ether oxygens (including phenoxy) is 1. The first-order chi connectivity index (χ1) is 15.2. The SMILES string of the molecule is CNCCn1cnc2c(N3CCOCC3)cc(-n3ccc(-c4ccccc4F)n3)nc21. The minimum absolute atomic E-state index is 0.296. The zero-order chi connectivity index (χ0) is 21.2. The number of imidazole rings is 1. The van der Waals surface area contributed by atoms with E-state index in [0.29, 0.717) is 30.3 Å². The van der Waals surface area contributed by atoms with Crippen molar-refractivity contribution in [1.29, 1.82) is 0 Å². The van der Waals surface area contributed by atoms with Crippen LogP contribution in [-0.2, 0) is 11.3 Å². The van der Waals surface area contributed by atoms with Gasteiger partial charge in [0.15, 0.2) is 11.5 Å². The molecule has 3 aromatic heterocycles. The summed E-state index contributed by atoms with van der Waals surface area (Å²) in [6.45, 7) is 4.51. The smallest absolute Gasteiger partial charge is 0.164 e. The van der Waals surface area contributed by atoms with Gasteiger partial charge in [0, 0.05) is 44.0 Å². The molecule has 4 heterocycles. The van der Waals surface area contributed by atoms with Gasteiger partial charge in [-0.25, -0.2) is 19.0 Å². The van der Waals surface area contributed by atoms with E-state index in [1.807, 2.05) is 30.2 Å². The fraction of sp³-hybridized carbons (Fsp3) is 0.318. The lowest BCUT2D eigenvalue weighted by Gasteiger charge is -2.29. The second-order valence-corrected chi connectivity index (χ2v) is 7.44. The van der Waals surface area contributed by atoms with Gasteiger partial charge in [0.1, 0.15) is 11.3 Å². The monoisotopic (exact) mass is 421 g/mol. The quantitative estimate of drug-likeness (QED) is 0.516. The van der Waals surface area contributed by atoms with Crippen molar-refractivity contribution in [3.63, 3.8) is 0 Å². The first-order valence-electron chi connectivity index (χ1n) is 10.4.